The van der Waals surface area contributed by atoms with E-state index < -0.39 is 38.0 Å². The summed E-state index contributed by atoms with van der Waals surface area (Å²) in [5, 5.41) is 29.5. The normalized spacial score (nSPS) is 11.7. The first-order valence-corrected chi connectivity index (χ1v) is 12.2. The number of nitrogens with one attached hydrogen (secondary N) is 1. The zero-order chi connectivity index (χ0) is 25.2. The van der Waals surface area contributed by atoms with Gasteiger partial charge in [-0.05, 0) is 36.4 Å². The molecule has 1 heterocycles. The topological polar surface area (TPSA) is 158 Å². The van der Waals surface area contributed by atoms with Crippen molar-refractivity contribution in [2.24, 2.45) is 10.2 Å². The van der Waals surface area contributed by atoms with Crippen LogP contribution < -0.4 is 4.31 Å². The molecule has 0 unspecified atom stereocenters. The molecule has 0 aliphatic rings. The van der Waals surface area contributed by atoms with Crippen LogP contribution in [0.1, 0.15) is 0 Å². The Kier molecular flexibility index (Phi) is 6.62. The number of hydrogen-bond donors (Lipinski definition) is 2. The van der Waals surface area contributed by atoms with Crippen LogP contribution in [0.25, 0.3) is 10.9 Å². The number of hydrogen-bond acceptors (Lipinski definition) is 7. The monoisotopic (exact) mass is 557 g/mol. The molecule has 0 atom stereocenters. The lowest BCUT2D eigenvalue weighted by molar-refractivity contribution is -0.387. The van der Waals surface area contributed by atoms with Gasteiger partial charge >= 0.3 is 0 Å². The van der Waals surface area contributed by atoms with E-state index in [1.54, 1.807) is 36.4 Å². The maximum Gasteiger partial charge on any atom is 0.289 e. The van der Waals surface area contributed by atoms with Crippen molar-refractivity contribution >= 4 is 59.8 Å². The number of sulfonamides is 1. The second-order valence-corrected chi connectivity index (χ2v) is 9.92. The number of aromatic hydroxyl groups is 1. The van der Waals surface area contributed by atoms with E-state index in [9.17, 15) is 28.4 Å². The summed E-state index contributed by atoms with van der Waals surface area (Å²) in [7, 11) is -4.54. The van der Waals surface area contributed by atoms with Crippen LogP contribution in [-0.2, 0) is 14.8 Å². The van der Waals surface area contributed by atoms with Crippen molar-refractivity contribution in [3.05, 3.63) is 87.4 Å². The Hall–Kier alpha value is -4.10. The summed E-state index contributed by atoms with van der Waals surface area (Å²) >= 11 is 3.32. The molecule has 11 nitrogen and oxygen atoms in total. The highest BCUT2D eigenvalue weighted by molar-refractivity contribution is 9.10. The molecule has 35 heavy (non-hydrogen) atoms. The number of fused-ring (bicyclic) bond motifs is 1. The van der Waals surface area contributed by atoms with Crippen molar-refractivity contribution < 1.29 is 23.2 Å². The summed E-state index contributed by atoms with van der Waals surface area (Å²) in [6.07, 6.45) is 0. The SMILES string of the molecule is O=C(CN(c1ccccc1)S(=O)(=O)c1ccccc1[N+](=O)[O-])N=Nc1c(O)[nH]c2ccc(Br)cc12. The summed E-state index contributed by atoms with van der Waals surface area (Å²) in [5.41, 5.74) is 0.0318. The van der Waals surface area contributed by atoms with Crippen LogP contribution in [0.4, 0.5) is 17.1 Å². The molecule has 0 saturated carbocycles. The van der Waals surface area contributed by atoms with E-state index in [0.717, 1.165) is 16.4 Å². The average Bonchev–Trinajstić information content (AvgIpc) is 3.15. The zero-order valence-electron chi connectivity index (χ0n) is 17.7. The molecule has 4 aromatic rings. The zero-order valence-corrected chi connectivity index (χ0v) is 20.1. The van der Waals surface area contributed by atoms with Crippen LogP contribution >= 0.6 is 15.9 Å². The van der Waals surface area contributed by atoms with Gasteiger partial charge in [-0.3, -0.25) is 19.2 Å². The van der Waals surface area contributed by atoms with E-state index in [0.29, 0.717) is 15.4 Å². The Morgan fingerprint density at radius 1 is 1.09 bits per heavy atom. The molecular formula is C22H16BrN5O6S. The third-order valence-corrected chi connectivity index (χ3v) is 7.24. The molecule has 0 aliphatic heterocycles. The van der Waals surface area contributed by atoms with E-state index >= 15 is 0 Å². The molecule has 3 aromatic carbocycles. The molecule has 0 fully saturated rings. The number of carbonyl (C=O) groups excluding carboxylic acids is 1. The second kappa shape index (κ2) is 9.64. The van der Waals surface area contributed by atoms with Gasteiger partial charge in [0.1, 0.15) is 6.54 Å². The lowest BCUT2D eigenvalue weighted by Crippen LogP contribution is -2.35. The van der Waals surface area contributed by atoms with Crippen LogP contribution in [0.5, 0.6) is 5.88 Å². The Balaban J connectivity index is 1.71. The highest BCUT2D eigenvalue weighted by Crippen LogP contribution is 2.37. The number of aromatic amines is 1. The Morgan fingerprint density at radius 3 is 2.49 bits per heavy atom. The number of amides is 1. The van der Waals surface area contributed by atoms with Gasteiger partial charge in [-0.2, -0.15) is 0 Å². The van der Waals surface area contributed by atoms with Crippen molar-refractivity contribution in [3.8, 4) is 5.88 Å². The number of azo groups is 1. The van der Waals surface area contributed by atoms with Gasteiger partial charge in [0.05, 0.1) is 16.1 Å². The van der Waals surface area contributed by atoms with E-state index in [-0.39, 0.29) is 17.3 Å². The number of nitro groups is 1. The quantitative estimate of drug-likeness (QED) is 0.184. The minimum Gasteiger partial charge on any atom is -0.493 e. The smallest absolute Gasteiger partial charge is 0.289 e. The lowest BCUT2D eigenvalue weighted by atomic mass is 10.2. The first-order chi connectivity index (χ1) is 16.7. The van der Waals surface area contributed by atoms with Gasteiger partial charge in [0, 0.05) is 15.9 Å². The number of halogens is 1. The summed E-state index contributed by atoms with van der Waals surface area (Å²) in [5.74, 6) is -1.28. The van der Waals surface area contributed by atoms with Crippen LogP contribution in [0.15, 0.2) is 92.4 Å². The van der Waals surface area contributed by atoms with Crippen molar-refractivity contribution in [2.75, 3.05) is 10.8 Å². The predicted molar refractivity (Wildman–Crippen MR) is 131 cm³/mol. The standard InChI is InChI=1S/C22H16BrN5O6S/c23-14-10-11-17-16(12-14)21(22(30)24-17)26-25-20(29)13-27(15-6-2-1-3-7-15)35(33,34)19-9-5-4-8-18(19)28(31)32/h1-12,24,30H,13H2. The molecule has 4 rings (SSSR count). The fourth-order valence-electron chi connectivity index (χ4n) is 3.35. The van der Waals surface area contributed by atoms with Crippen LogP contribution in [0.2, 0.25) is 0 Å². The first kappa shape index (κ1) is 24.0. The van der Waals surface area contributed by atoms with Crippen LogP contribution in [0, 0.1) is 10.1 Å². The second-order valence-electron chi connectivity index (χ2n) is 7.18. The van der Waals surface area contributed by atoms with Gasteiger partial charge < -0.3 is 10.1 Å². The number of para-hydroxylation sites is 2. The maximum atomic E-state index is 13.4. The number of aromatic nitrogens is 1. The van der Waals surface area contributed by atoms with Gasteiger partial charge in [0.25, 0.3) is 21.6 Å². The Labute approximate surface area is 207 Å². The lowest BCUT2D eigenvalue weighted by Gasteiger charge is -2.22. The molecule has 0 bridgehead atoms. The molecule has 0 spiro atoms. The van der Waals surface area contributed by atoms with Crippen LogP contribution in [0.3, 0.4) is 0 Å². The molecule has 178 valence electrons. The van der Waals surface area contributed by atoms with Gasteiger partial charge in [0.15, 0.2) is 10.6 Å². The summed E-state index contributed by atoms with van der Waals surface area (Å²) < 4.78 is 28.3. The largest absolute Gasteiger partial charge is 0.493 e. The van der Waals surface area contributed by atoms with E-state index in [1.807, 2.05) is 0 Å². The highest BCUT2D eigenvalue weighted by atomic mass is 79.9. The highest BCUT2D eigenvalue weighted by Gasteiger charge is 2.33. The molecule has 0 radical (unpaired) electrons. The van der Waals surface area contributed by atoms with Crippen LogP contribution in [-0.4, -0.2) is 35.9 Å². The van der Waals surface area contributed by atoms with Gasteiger partial charge in [-0.1, -0.05) is 46.3 Å². The minimum absolute atomic E-state index is 0.00228. The van der Waals surface area contributed by atoms with Gasteiger partial charge in [0.2, 0.25) is 5.88 Å². The van der Waals surface area contributed by atoms with Gasteiger partial charge in [-0.25, -0.2) is 8.42 Å². The number of rotatable bonds is 7. The fraction of sp³-hybridized carbons (Fsp3) is 0.0455. The number of benzene rings is 3. The average molecular weight is 558 g/mol. The third kappa shape index (κ3) is 4.90. The van der Waals surface area contributed by atoms with Crippen molar-refractivity contribution in [2.45, 2.75) is 4.90 Å². The Morgan fingerprint density at radius 2 is 1.77 bits per heavy atom. The molecule has 0 aliphatic carbocycles. The predicted octanol–water partition coefficient (Wildman–Crippen LogP) is 5.05. The maximum absolute atomic E-state index is 13.4. The van der Waals surface area contributed by atoms with Crippen molar-refractivity contribution in [1.82, 2.24) is 4.98 Å². The van der Waals surface area contributed by atoms with Crippen molar-refractivity contribution in [1.29, 1.82) is 0 Å². The van der Waals surface area contributed by atoms with E-state index in [2.05, 4.69) is 31.1 Å². The molecule has 1 amide bonds. The third-order valence-electron chi connectivity index (χ3n) is 4.93. The van der Waals surface area contributed by atoms with E-state index in [4.69, 9.17) is 0 Å². The Bertz CT molecular complexity index is 1570. The number of nitro benzene ring substituents is 1. The fourth-order valence-corrected chi connectivity index (χ4v) is 5.29. The summed E-state index contributed by atoms with van der Waals surface area (Å²) in [4.78, 5) is 25.5. The minimum atomic E-state index is -4.54. The van der Waals surface area contributed by atoms with Gasteiger partial charge in [-0.15, -0.1) is 10.2 Å². The summed E-state index contributed by atoms with van der Waals surface area (Å²) in [6, 6.07) is 17.6. The molecule has 1 aromatic heterocycles. The number of H-pyrrole nitrogens is 1. The first-order valence-electron chi connectivity index (χ1n) is 9.94. The number of anilines is 1. The molecular weight excluding hydrogens is 542 g/mol. The molecule has 0 saturated heterocycles. The number of nitrogens with zero attached hydrogens (tertiary/aromatic N) is 4. The molecule has 13 heteroatoms. The molecule has 2 N–H and O–H groups in total. The van der Waals surface area contributed by atoms with Crippen molar-refractivity contribution in [3.63, 3.8) is 0 Å². The summed E-state index contributed by atoms with van der Waals surface area (Å²) in [6.45, 7) is -0.783. The van der Waals surface area contributed by atoms with E-state index in [1.165, 1.54) is 24.3 Å². The number of carbonyl (C=O) groups is 1.